The smallest absolute Gasteiger partial charge is 0.407 e. The predicted molar refractivity (Wildman–Crippen MR) is 76.7 cm³/mol. The van der Waals surface area contributed by atoms with E-state index in [2.05, 4.69) is 0 Å². The molecule has 2 heterocycles. The Morgan fingerprint density at radius 2 is 1.91 bits per heavy atom. The van der Waals surface area contributed by atoms with Crippen LogP contribution in [0.15, 0.2) is 18.2 Å². The normalized spacial score (nSPS) is 26.8. The van der Waals surface area contributed by atoms with Crippen molar-refractivity contribution in [3.8, 4) is 5.75 Å². The topological polar surface area (TPSA) is 66.8 Å². The van der Waals surface area contributed by atoms with E-state index in [0.717, 1.165) is 12.8 Å². The van der Waals surface area contributed by atoms with Crippen molar-refractivity contribution in [3.63, 3.8) is 0 Å². The van der Waals surface area contributed by atoms with Crippen LogP contribution in [0.25, 0.3) is 0 Å². The van der Waals surface area contributed by atoms with E-state index in [-0.39, 0.29) is 29.5 Å². The fourth-order valence-electron chi connectivity index (χ4n) is 3.58. The van der Waals surface area contributed by atoms with Crippen LogP contribution in [-0.2, 0) is 0 Å². The summed E-state index contributed by atoms with van der Waals surface area (Å²) in [5.41, 5.74) is 0.0171. The van der Waals surface area contributed by atoms with E-state index in [4.69, 9.17) is 4.74 Å². The molecule has 0 aliphatic carbocycles. The van der Waals surface area contributed by atoms with Crippen LogP contribution in [0.1, 0.15) is 43.0 Å². The van der Waals surface area contributed by atoms with Crippen LogP contribution >= 0.6 is 0 Å². The molecule has 2 atom stereocenters. The molecule has 1 N–H and O–H groups in total. The van der Waals surface area contributed by atoms with Crippen molar-refractivity contribution in [1.29, 1.82) is 0 Å². The number of hydrogen-bond acceptors (Lipinski definition) is 3. The molecule has 1 amide bonds. The predicted octanol–water partition coefficient (Wildman–Crippen LogP) is 3.08. The van der Waals surface area contributed by atoms with Gasteiger partial charge < -0.3 is 14.7 Å². The summed E-state index contributed by atoms with van der Waals surface area (Å²) in [5, 5.41) is 9.23. The van der Waals surface area contributed by atoms with Gasteiger partial charge in [-0.3, -0.25) is 4.79 Å². The highest BCUT2D eigenvalue weighted by Crippen LogP contribution is 2.37. The molecule has 0 spiro atoms. The molecule has 5 nitrogen and oxygen atoms in total. The molecule has 1 aromatic carbocycles. The third kappa shape index (κ3) is 2.65. The Kier molecular flexibility index (Phi) is 3.76. The van der Waals surface area contributed by atoms with Crippen LogP contribution in [0.3, 0.4) is 0 Å². The van der Waals surface area contributed by atoms with Crippen molar-refractivity contribution < 1.29 is 23.8 Å². The molecule has 1 aromatic rings. The molecule has 0 aromatic heterocycles. The minimum atomic E-state index is -0.869. The number of benzene rings is 1. The lowest BCUT2D eigenvalue weighted by Crippen LogP contribution is -2.48. The number of amides is 1. The number of carbonyl (C=O) groups excluding carboxylic acids is 1. The second kappa shape index (κ2) is 5.59. The molecule has 2 saturated heterocycles. The van der Waals surface area contributed by atoms with E-state index in [1.54, 1.807) is 0 Å². The number of hydrogen-bond donors (Lipinski definition) is 1. The third-order valence-corrected chi connectivity index (χ3v) is 4.53. The fourth-order valence-corrected chi connectivity index (χ4v) is 3.58. The van der Waals surface area contributed by atoms with Gasteiger partial charge in [0.1, 0.15) is 17.7 Å². The standard InChI is InChI=1S/C16H18FNO4/c1-9(19)14-8-12(4-5-15(14)17)22-13-6-10-2-3-11(7-13)18(10)16(20)21/h4-5,8,10-11,13H,2-3,6-7H2,1H3,(H,20,21). The molecule has 118 valence electrons. The van der Waals surface area contributed by atoms with Gasteiger partial charge in [0, 0.05) is 24.9 Å². The Morgan fingerprint density at radius 1 is 1.27 bits per heavy atom. The number of Topliss-reactive ketones (excluding diaryl/α,β-unsaturated/α-hetero) is 1. The fraction of sp³-hybridized carbons (Fsp3) is 0.500. The Hall–Kier alpha value is -2.11. The van der Waals surface area contributed by atoms with Gasteiger partial charge in [0.05, 0.1) is 5.56 Å². The first-order chi connectivity index (χ1) is 10.5. The van der Waals surface area contributed by atoms with Gasteiger partial charge in [-0.05, 0) is 38.0 Å². The van der Waals surface area contributed by atoms with Crippen LogP contribution < -0.4 is 4.74 Å². The number of piperidine rings is 1. The van der Waals surface area contributed by atoms with Gasteiger partial charge in [0.25, 0.3) is 0 Å². The maximum absolute atomic E-state index is 13.5. The summed E-state index contributed by atoms with van der Waals surface area (Å²) >= 11 is 0. The lowest BCUT2D eigenvalue weighted by molar-refractivity contribution is 0.0494. The lowest BCUT2D eigenvalue weighted by atomic mass is 10.00. The molecule has 22 heavy (non-hydrogen) atoms. The second-order valence-electron chi connectivity index (χ2n) is 5.98. The molecule has 2 aliphatic rings. The van der Waals surface area contributed by atoms with Crippen LogP contribution in [0.4, 0.5) is 9.18 Å². The quantitative estimate of drug-likeness (QED) is 0.871. The van der Waals surface area contributed by atoms with E-state index in [1.165, 1.54) is 30.0 Å². The summed E-state index contributed by atoms with van der Waals surface area (Å²) < 4.78 is 19.4. The number of rotatable bonds is 3. The number of halogens is 1. The largest absolute Gasteiger partial charge is 0.490 e. The number of fused-ring (bicyclic) bond motifs is 2. The van der Waals surface area contributed by atoms with Crippen molar-refractivity contribution in [2.45, 2.75) is 50.8 Å². The molecular weight excluding hydrogens is 289 g/mol. The van der Waals surface area contributed by atoms with Crippen LogP contribution in [0.5, 0.6) is 5.75 Å². The second-order valence-corrected chi connectivity index (χ2v) is 5.98. The first kappa shape index (κ1) is 14.8. The maximum Gasteiger partial charge on any atom is 0.407 e. The van der Waals surface area contributed by atoms with Gasteiger partial charge in [-0.1, -0.05) is 0 Å². The number of ketones is 1. The molecular formula is C16H18FNO4. The summed E-state index contributed by atoms with van der Waals surface area (Å²) in [5.74, 6) is -0.441. The van der Waals surface area contributed by atoms with Crippen molar-refractivity contribution in [2.24, 2.45) is 0 Å². The van der Waals surface area contributed by atoms with Crippen LogP contribution in [0.2, 0.25) is 0 Å². The molecule has 2 fully saturated rings. The van der Waals surface area contributed by atoms with Crippen molar-refractivity contribution in [1.82, 2.24) is 4.90 Å². The third-order valence-electron chi connectivity index (χ3n) is 4.53. The van der Waals surface area contributed by atoms with Crippen molar-refractivity contribution in [3.05, 3.63) is 29.6 Å². The zero-order valence-electron chi connectivity index (χ0n) is 12.3. The van der Waals surface area contributed by atoms with Gasteiger partial charge in [-0.25, -0.2) is 9.18 Å². The Bertz CT molecular complexity index is 604. The molecule has 3 rings (SSSR count). The molecule has 0 radical (unpaired) electrons. The molecule has 2 aliphatic heterocycles. The van der Waals surface area contributed by atoms with E-state index in [1.807, 2.05) is 0 Å². The Labute approximate surface area is 127 Å². The number of nitrogens with zero attached hydrogens (tertiary/aromatic N) is 1. The average molecular weight is 307 g/mol. The van der Waals surface area contributed by atoms with E-state index in [9.17, 15) is 19.1 Å². The van der Waals surface area contributed by atoms with Gasteiger partial charge in [-0.2, -0.15) is 0 Å². The summed E-state index contributed by atoms with van der Waals surface area (Å²) in [6, 6.07) is 4.15. The zero-order chi connectivity index (χ0) is 15.9. The molecule has 0 saturated carbocycles. The molecule has 6 heteroatoms. The SMILES string of the molecule is CC(=O)c1cc(OC2CC3CCC(C2)N3C(=O)O)ccc1F. The summed E-state index contributed by atoms with van der Waals surface area (Å²) in [6.07, 6.45) is 2.02. The Morgan fingerprint density at radius 3 is 2.45 bits per heavy atom. The molecule has 2 bridgehead atoms. The van der Waals surface area contributed by atoms with E-state index < -0.39 is 11.9 Å². The summed E-state index contributed by atoms with van der Waals surface area (Å²) in [4.78, 5) is 24.2. The summed E-state index contributed by atoms with van der Waals surface area (Å²) in [6.45, 7) is 1.31. The van der Waals surface area contributed by atoms with Crippen molar-refractivity contribution in [2.75, 3.05) is 0 Å². The number of carbonyl (C=O) groups is 2. The zero-order valence-corrected chi connectivity index (χ0v) is 12.3. The maximum atomic E-state index is 13.5. The van der Waals surface area contributed by atoms with Gasteiger partial charge in [0.2, 0.25) is 0 Å². The number of carboxylic acid groups (broad SMARTS) is 1. The monoisotopic (exact) mass is 307 g/mol. The summed E-state index contributed by atoms with van der Waals surface area (Å²) in [7, 11) is 0. The highest BCUT2D eigenvalue weighted by Gasteiger charge is 2.44. The lowest BCUT2D eigenvalue weighted by Gasteiger charge is -2.37. The van der Waals surface area contributed by atoms with E-state index >= 15 is 0 Å². The highest BCUT2D eigenvalue weighted by atomic mass is 19.1. The highest BCUT2D eigenvalue weighted by molar-refractivity contribution is 5.94. The molecule has 2 unspecified atom stereocenters. The first-order valence-corrected chi connectivity index (χ1v) is 7.44. The van der Waals surface area contributed by atoms with Gasteiger partial charge in [0.15, 0.2) is 5.78 Å². The average Bonchev–Trinajstić information content (AvgIpc) is 2.73. The van der Waals surface area contributed by atoms with Gasteiger partial charge in [-0.15, -0.1) is 0 Å². The van der Waals surface area contributed by atoms with Crippen LogP contribution in [-0.4, -0.2) is 40.1 Å². The van der Waals surface area contributed by atoms with Crippen LogP contribution in [0, 0.1) is 5.82 Å². The van der Waals surface area contributed by atoms with E-state index in [0.29, 0.717) is 18.6 Å². The minimum Gasteiger partial charge on any atom is -0.490 e. The minimum absolute atomic E-state index is 0.00558. The number of ether oxygens (including phenoxy) is 1. The first-order valence-electron chi connectivity index (χ1n) is 7.44. The van der Waals surface area contributed by atoms with Crippen molar-refractivity contribution >= 4 is 11.9 Å². The Balaban J connectivity index is 1.72. The van der Waals surface area contributed by atoms with Gasteiger partial charge >= 0.3 is 6.09 Å².